The minimum atomic E-state index is 0.778. The summed E-state index contributed by atoms with van der Waals surface area (Å²) in [5, 5.41) is 11.1. The number of hydrogen-bond acceptors (Lipinski definition) is 4. The Morgan fingerprint density at radius 2 is 2.25 bits per heavy atom. The van der Waals surface area contributed by atoms with Crippen LogP contribution in [0.5, 0.6) is 0 Å². The van der Waals surface area contributed by atoms with Gasteiger partial charge in [0.2, 0.25) is 0 Å². The molecule has 1 aromatic rings. The van der Waals surface area contributed by atoms with Crippen LogP contribution >= 0.6 is 0 Å². The summed E-state index contributed by atoms with van der Waals surface area (Å²) >= 11 is 0. The zero-order valence-electron chi connectivity index (χ0n) is 10.2. The Kier molecular flexibility index (Phi) is 3.93. The van der Waals surface area contributed by atoms with E-state index in [4.69, 9.17) is 0 Å². The van der Waals surface area contributed by atoms with Gasteiger partial charge in [-0.2, -0.15) is 0 Å². The Hall–Kier alpha value is -0.900. The van der Waals surface area contributed by atoms with Crippen molar-refractivity contribution in [2.75, 3.05) is 6.54 Å². The summed E-state index contributed by atoms with van der Waals surface area (Å²) in [5.41, 5.74) is 1.83. The Morgan fingerprint density at radius 3 is 2.94 bits per heavy atom. The monoisotopic (exact) mass is 223 g/mol. The first-order valence-corrected chi connectivity index (χ1v) is 6.24. The molecule has 1 aromatic heterocycles. The lowest BCUT2D eigenvalue weighted by atomic mass is 9.82. The number of nitrogens with zero attached hydrogens (tertiary/aromatic N) is 2. The van der Waals surface area contributed by atoms with Crippen molar-refractivity contribution in [1.29, 1.82) is 0 Å². The molecule has 2 rings (SSSR count). The van der Waals surface area contributed by atoms with Gasteiger partial charge in [-0.15, -0.1) is 0 Å². The van der Waals surface area contributed by atoms with Gasteiger partial charge in [0.05, 0.1) is 0 Å². The first kappa shape index (κ1) is 11.6. The zero-order chi connectivity index (χ0) is 11.4. The maximum atomic E-state index is 4.66. The lowest BCUT2D eigenvalue weighted by Gasteiger charge is -2.26. The molecule has 0 bridgehead atoms. The number of aromatic nitrogens is 2. The van der Waals surface area contributed by atoms with E-state index in [-0.39, 0.29) is 0 Å². The highest BCUT2D eigenvalue weighted by molar-refractivity contribution is 5.03. The molecule has 1 fully saturated rings. The average molecular weight is 223 g/mol. The summed E-state index contributed by atoms with van der Waals surface area (Å²) in [4.78, 5) is 0. The van der Waals surface area contributed by atoms with E-state index >= 15 is 0 Å². The molecule has 90 valence electrons. The van der Waals surface area contributed by atoms with Crippen LogP contribution in [0.25, 0.3) is 0 Å². The molecule has 0 aliphatic heterocycles. The van der Waals surface area contributed by atoms with Crippen LogP contribution < -0.4 is 5.32 Å². The summed E-state index contributed by atoms with van der Waals surface area (Å²) in [6.45, 7) is 6.16. The highest BCUT2D eigenvalue weighted by atomic mass is 16.6. The van der Waals surface area contributed by atoms with Gasteiger partial charge >= 0.3 is 0 Å². The van der Waals surface area contributed by atoms with E-state index in [1.807, 2.05) is 6.92 Å². The first-order valence-electron chi connectivity index (χ1n) is 6.24. The predicted octanol–water partition coefficient (Wildman–Crippen LogP) is 2.29. The summed E-state index contributed by atoms with van der Waals surface area (Å²) < 4.78 is 4.66. The smallest absolute Gasteiger partial charge is 0.121 e. The minimum absolute atomic E-state index is 0.778. The van der Waals surface area contributed by atoms with Gasteiger partial charge < -0.3 is 5.32 Å². The van der Waals surface area contributed by atoms with Gasteiger partial charge in [-0.3, -0.25) is 0 Å². The van der Waals surface area contributed by atoms with E-state index in [2.05, 4.69) is 27.2 Å². The van der Waals surface area contributed by atoms with E-state index in [1.165, 1.54) is 25.7 Å². The fourth-order valence-electron chi connectivity index (χ4n) is 2.55. The van der Waals surface area contributed by atoms with Gasteiger partial charge in [0.1, 0.15) is 11.4 Å². The van der Waals surface area contributed by atoms with Gasteiger partial charge in [0, 0.05) is 6.54 Å². The molecule has 16 heavy (non-hydrogen) atoms. The van der Waals surface area contributed by atoms with Crippen LogP contribution in [0.1, 0.15) is 44.0 Å². The third-order valence-electron chi connectivity index (χ3n) is 3.52. The number of rotatable bonds is 4. The van der Waals surface area contributed by atoms with Crippen molar-refractivity contribution in [1.82, 2.24) is 15.6 Å². The molecule has 1 aliphatic carbocycles. The summed E-state index contributed by atoms with van der Waals surface area (Å²) in [6, 6.07) is 0. The summed E-state index contributed by atoms with van der Waals surface area (Å²) in [5.74, 6) is 1.74. The minimum Gasteiger partial charge on any atom is -0.311 e. The van der Waals surface area contributed by atoms with Crippen LogP contribution in [0, 0.1) is 18.8 Å². The molecule has 2 atom stereocenters. The van der Waals surface area contributed by atoms with Crippen molar-refractivity contribution in [3.8, 4) is 0 Å². The molecule has 0 aromatic carbocycles. The molecule has 1 N–H and O–H groups in total. The Balaban J connectivity index is 1.70. The van der Waals surface area contributed by atoms with Crippen molar-refractivity contribution in [2.24, 2.45) is 11.8 Å². The molecule has 0 saturated heterocycles. The molecule has 2 unspecified atom stereocenters. The van der Waals surface area contributed by atoms with Crippen molar-refractivity contribution >= 4 is 0 Å². The van der Waals surface area contributed by atoms with Crippen molar-refractivity contribution in [3.05, 3.63) is 11.4 Å². The molecule has 0 spiro atoms. The molecule has 1 aliphatic rings. The highest BCUT2D eigenvalue weighted by Gasteiger charge is 2.18. The van der Waals surface area contributed by atoms with Crippen LogP contribution in [-0.4, -0.2) is 16.9 Å². The Bertz CT molecular complexity index is 324. The van der Waals surface area contributed by atoms with E-state index in [0.29, 0.717) is 0 Å². The zero-order valence-corrected chi connectivity index (χ0v) is 10.2. The number of hydrogen-bond donors (Lipinski definition) is 1. The normalized spacial score (nSPS) is 25.9. The molecule has 1 heterocycles. The van der Waals surface area contributed by atoms with E-state index in [0.717, 1.165) is 36.3 Å². The van der Waals surface area contributed by atoms with Crippen LogP contribution in [-0.2, 0) is 6.54 Å². The molecule has 0 radical (unpaired) electrons. The van der Waals surface area contributed by atoms with Crippen LogP contribution in [0.15, 0.2) is 4.63 Å². The third kappa shape index (κ3) is 3.04. The van der Waals surface area contributed by atoms with Crippen molar-refractivity contribution in [2.45, 2.75) is 46.1 Å². The van der Waals surface area contributed by atoms with Gasteiger partial charge in [-0.1, -0.05) is 30.1 Å². The molecule has 1 saturated carbocycles. The molecule has 0 amide bonds. The fraction of sp³-hybridized carbons (Fsp3) is 0.833. The Labute approximate surface area is 96.8 Å². The lowest BCUT2D eigenvalue weighted by Crippen LogP contribution is -2.26. The molecule has 4 nitrogen and oxygen atoms in total. The summed E-state index contributed by atoms with van der Waals surface area (Å²) in [7, 11) is 0. The largest absolute Gasteiger partial charge is 0.311 e. The van der Waals surface area contributed by atoms with Crippen LogP contribution in [0.2, 0.25) is 0 Å². The van der Waals surface area contributed by atoms with Crippen molar-refractivity contribution < 1.29 is 4.63 Å². The second-order valence-electron chi connectivity index (χ2n) is 5.07. The maximum Gasteiger partial charge on any atom is 0.121 e. The van der Waals surface area contributed by atoms with Crippen molar-refractivity contribution in [3.63, 3.8) is 0 Å². The topological polar surface area (TPSA) is 51.0 Å². The first-order chi connectivity index (χ1) is 7.75. The fourth-order valence-corrected chi connectivity index (χ4v) is 2.55. The third-order valence-corrected chi connectivity index (χ3v) is 3.52. The average Bonchev–Trinajstić information content (AvgIpc) is 2.65. The number of nitrogens with one attached hydrogen (secondary N) is 1. The molecule has 4 heteroatoms. The Morgan fingerprint density at radius 1 is 1.38 bits per heavy atom. The van der Waals surface area contributed by atoms with Gasteiger partial charge in [0.15, 0.2) is 0 Å². The quantitative estimate of drug-likeness (QED) is 0.851. The van der Waals surface area contributed by atoms with Gasteiger partial charge in [-0.05, 0) is 38.1 Å². The highest BCUT2D eigenvalue weighted by Crippen LogP contribution is 2.27. The standard InChI is InChI=1S/C12H21N3O/c1-9-4-3-5-11(6-9)7-13-8-12-10(2)14-16-15-12/h9,11,13H,3-8H2,1-2H3. The molecular weight excluding hydrogens is 202 g/mol. The van der Waals surface area contributed by atoms with Crippen LogP contribution in [0.4, 0.5) is 0 Å². The van der Waals surface area contributed by atoms with E-state index < -0.39 is 0 Å². The second kappa shape index (κ2) is 5.43. The maximum absolute atomic E-state index is 4.66. The van der Waals surface area contributed by atoms with Gasteiger partial charge in [-0.25, -0.2) is 4.63 Å². The predicted molar refractivity (Wildman–Crippen MR) is 61.9 cm³/mol. The lowest BCUT2D eigenvalue weighted by molar-refractivity contribution is 0.272. The van der Waals surface area contributed by atoms with E-state index in [9.17, 15) is 0 Å². The molecular formula is C12H21N3O. The van der Waals surface area contributed by atoms with E-state index in [1.54, 1.807) is 0 Å². The van der Waals surface area contributed by atoms with Crippen LogP contribution in [0.3, 0.4) is 0 Å². The summed E-state index contributed by atoms with van der Waals surface area (Å²) in [6.07, 6.45) is 5.53. The van der Waals surface area contributed by atoms with Gasteiger partial charge in [0.25, 0.3) is 0 Å². The second-order valence-corrected chi connectivity index (χ2v) is 5.07. The SMILES string of the molecule is Cc1nonc1CNCC1CCCC(C)C1. The number of aryl methyl sites for hydroxylation is 1.